The Morgan fingerprint density at radius 1 is 1.38 bits per heavy atom. The standard InChI is InChI=1S/C17H25N5O2/c1-12(2)15(23)17(3,4)11-18-16(24)20-13-6-5-7-14(10-13)22-9-8-19-21-22/h5-10,12,15,23H,11H2,1-4H3,(H2,18,20,24). The van der Waals surface area contributed by atoms with Gasteiger partial charge >= 0.3 is 6.03 Å². The molecule has 130 valence electrons. The minimum atomic E-state index is -0.492. The Hall–Kier alpha value is -2.41. The van der Waals surface area contributed by atoms with Gasteiger partial charge in [-0.15, -0.1) is 5.10 Å². The Balaban J connectivity index is 1.94. The molecular weight excluding hydrogens is 306 g/mol. The number of nitrogens with one attached hydrogen (secondary N) is 2. The first kappa shape index (κ1) is 17.9. The molecule has 0 radical (unpaired) electrons. The summed E-state index contributed by atoms with van der Waals surface area (Å²) in [4.78, 5) is 12.1. The molecule has 0 saturated carbocycles. The van der Waals surface area contributed by atoms with Crippen molar-refractivity contribution in [3.8, 4) is 5.69 Å². The lowest BCUT2D eigenvalue weighted by atomic mass is 9.81. The van der Waals surface area contributed by atoms with Gasteiger partial charge in [0.2, 0.25) is 0 Å². The highest BCUT2D eigenvalue weighted by Crippen LogP contribution is 2.25. The molecule has 0 aliphatic rings. The summed E-state index contributed by atoms with van der Waals surface area (Å²) in [6.45, 7) is 8.16. The van der Waals surface area contributed by atoms with Crippen LogP contribution in [0.3, 0.4) is 0 Å². The maximum atomic E-state index is 12.1. The zero-order valence-electron chi connectivity index (χ0n) is 14.5. The third kappa shape index (κ3) is 4.55. The van der Waals surface area contributed by atoms with Crippen LogP contribution in [0.4, 0.5) is 10.5 Å². The smallest absolute Gasteiger partial charge is 0.319 e. The molecule has 1 unspecified atom stereocenters. The second-order valence-corrected chi connectivity index (χ2v) is 6.88. The summed E-state index contributed by atoms with van der Waals surface area (Å²) >= 11 is 0. The number of hydrogen-bond acceptors (Lipinski definition) is 4. The van der Waals surface area contributed by atoms with Crippen molar-refractivity contribution < 1.29 is 9.90 Å². The second kappa shape index (κ2) is 7.44. The van der Waals surface area contributed by atoms with Crippen LogP contribution in [-0.4, -0.2) is 38.8 Å². The van der Waals surface area contributed by atoms with E-state index in [1.807, 2.05) is 45.9 Å². The van der Waals surface area contributed by atoms with Crippen LogP contribution in [0.2, 0.25) is 0 Å². The number of aliphatic hydroxyl groups excluding tert-OH is 1. The van der Waals surface area contributed by atoms with Crippen LogP contribution in [0, 0.1) is 11.3 Å². The van der Waals surface area contributed by atoms with Gasteiger partial charge in [0.05, 0.1) is 24.2 Å². The number of nitrogens with zero attached hydrogens (tertiary/aromatic N) is 3. The predicted octanol–water partition coefficient (Wildman–Crippen LogP) is 2.43. The monoisotopic (exact) mass is 331 g/mol. The maximum Gasteiger partial charge on any atom is 0.319 e. The fraction of sp³-hybridized carbons (Fsp3) is 0.471. The Morgan fingerprint density at radius 3 is 2.75 bits per heavy atom. The summed E-state index contributed by atoms with van der Waals surface area (Å²) in [5.41, 5.74) is 1.05. The highest BCUT2D eigenvalue weighted by Gasteiger charge is 2.30. The second-order valence-electron chi connectivity index (χ2n) is 6.88. The van der Waals surface area contributed by atoms with Crippen LogP contribution in [0.15, 0.2) is 36.7 Å². The van der Waals surface area contributed by atoms with E-state index in [1.165, 1.54) is 0 Å². The van der Waals surface area contributed by atoms with Gasteiger partial charge in [0, 0.05) is 17.6 Å². The third-order valence-corrected chi connectivity index (χ3v) is 3.93. The van der Waals surface area contributed by atoms with E-state index in [0.717, 1.165) is 5.69 Å². The molecule has 0 fully saturated rings. The molecule has 0 saturated heterocycles. The topological polar surface area (TPSA) is 92.1 Å². The molecule has 7 nitrogen and oxygen atoms in total. The van der Waals surface area contributed by atoms with Gasteiger partial charge in [0.1, 0.15) is 0 Å². The van der Waals surface area contributed by atoms with Gasteiger partial charge in [-0.3, -0.25) is 0 Å². The summed E-state index contributed by atoms with van der Waals surface area (Å²) in [6.07, 6.45) is 2.83. The SMILES string of the molecule is CC(C)C(O)C(C)(C)CNC(=O)Nc1cccc(-n2ccnn2)c1. The summed E-state index contributed by atoms with van der Waals surface area (Å²) in [5, 5.41) is 23.5. The van der Waals surface area contributed by atoms with Crippen molar-refractivity contribution in [1.29, 1.82) is 0 Å². The number of carbonyl (C=O) groups is 1. The van der Waals surface area contributed by atoms with Crippen molar-refractivity contribution >= 4 is 11.7 Å². The van der Waals surface area contributed by atoms with Crippen molar-refractivity contribution in [2.24, 2.45) is 11.3 Å². The molecule has 7 heteroatoms. The van der Waals surface area contributed by atoms with Gasteiger partial charge < -0.3 is 15.7 Å². The molecule has 1 atom stereocenters. The van der Waals surface area contributed by atoms with Crippen LogP contribution in [0.1, 0.15) is 27.7 Å². The summed E-state index contributed by atoms with van der Waals surface area (Å²) in [7, 11) is 0. The zero-order chi connectivity index (χ0) is 17.7. The van der Waals surface area contributed by atoms with E-state index in [4.69, 9.17) is 0 Å². The number of rotatable bonds is 6. The van der Waals surface area contributed by atoms with E-state index in [0.29, 0.717) is 12.2 Å². The highest BCUT2D eigenvalue weighted by molar-refractivity contribution is 5.89. The Bertz CT molecular complexity index is 667. The van der Waals surface area contributed by atoms with Gasteiger partial charge in [0.25, 0.3) is 0 Å². The van der Waals surface area contributed by atoms with E-state index in [9.17, 15) is 9.90 Å². The lowest BCUT2D eigenvalue weighted by Crippen LogP contribution is -2.44. The number of aliphatic hydroxyl groups is 1. The zero-order valence-corrected chi connectivity index (χ0v) is 14.5. The fourth-order valence-electron chi connectivity index (χ4n) is 2.56. The third-order valence-electron chi connectivity index (χ3n) is 3.93. The highest BCUT2D eigenvalue weighted by atomic mass is 16.3. The Labute approximate surface area is 142 Å². The summed E-state index contributed by atoms with van der Waals surface area (Å²) in [5.74, 6) is 0.129. The van der Waals surface area contributed by atoms with Crippen molar-refractivity contribution in [1.82, 2.24) is 20.3 Å². The normalized spacial score (nSPS) is 12.9. The molecule has 24 heavy (non-hydrogen) atoms. The molecular formula is C17H25N5O2. The quantitative estimate of drug-likeness (QED) is 0.758. The average Bonchev–Trinajstić information content (AvgIpc) is 3.07. The van der Waals surface area contributed by atoms with Crippen LogP contribution in [-0.2, 0) is 0 Å². The molecule has 0 bridgehead atoms. The largest absolute Gasteiger partial charge is 0.392 e. The maximum absolute atomic E-state index is 12.1. The molecule has 0 aliphatic carbocycles. The molecule has 2 rings (SSSR count). The first-order valence-electron chi connectivity index (χ1n) is 7.99. The number of amides is 2. The van der Waals surface area contributed by atoms with Gasteiger partial charge in [-0.1, -0.05) is 39.0 Å². The first-order valence-corrected chi connectivity index (χ1v) is 7.99. The minimum Gasteiger partial charge on any atom is -0.392 e. The van der Waals surface area contributed by atoms with E-state index in [-0.39, 0.29) is 11.9 Å². The number of anilines is 1. The van der Waals surface area contributed by atoms with Gasteiger partial charge in [-0.25, -0.2) is 9.48 Å². The molecule has 0 spiro atoms. The Morgan fingerprint density at radius 2 is 2.12 bits per heavy atom. The average molecular weight is 331 g/mol. The van der Waals surface area contributed by atoms with Gasteiger partial charge in [-0.2, -0.15) is 0 Å². The van der Waals surface area contributed by atoms with Crippen LogP contribution in [0.25, 0.3) is 5.69 Å². The number of hydrogen-bond donors (Lipinski definition) is 3. The lowest BCUT2D eigenvalue weighted by Gasteiger charge is -2.33. The molecule has 0 aliphatic heterocycles. The van der Waals surface area contributed by atoms with E-state index in [1.54, 1.807) is 23.1 Å². The van der Waals surface area contributed by atoms with Crippen LogP contribution in [0.5, 0.6) is 0 Å². The van der Waals surface area contributed by atoms with Crippen LogP contribution >= 0.6 is 0 Å². The van der Waals surface area contributed by atoms with E-state index >= 15 is 0 Å². The van der Waals surface area contributed by atoms with Gasteiger partial charge in [0.15, 0.2) is 0 Å². The molecule has 1 aromatic heterocycles. The molecule has 1 aromatic carbocycles. The Kier molecular flexibility index (Phi) is 5.56. The molecule has 2 aromatic rings. The summed E-state index contributed by atoms with van der Waals surface area (Å²) in [6, 6.07) is 7.00. The van der Waals surface area contributed by atoms with E-state index in [2.05, 4.69) is 20.9 Å². The molecule has 3 N–H and O–H groups in total. The van der Waals surface area contributed by atoms with E-state index < -0.39 is 11.5 Å². The van der Waals surface area contributed by atoms with Crippen LogP contribution < -0.4 is 10.6 Å². The fourth-order valence-corrected chi connectivity index (χ4v) is 2.56. The van der Waals surface area contributed by atoms with Crippen molar-refractivity contribution in [2.75, 3.05) is 11.9 Å². The van der Waals surface area contributed by atoms with Gasteiger partial charge in [-0.05, 0) is 24.1 Å². The number of carbonyl (C=O) groups excluding carboxylic acids is 1. The predicted molar refractivity (Wildman–Crippen MR) is 93.0 cm³/mol. The molecule has 2 amide bonds. The van der Waals surface area contributed by atoms with Crippen molar-refractivity contribution in [3.63, 3.8) is 0 Å². The lowest BCUT2D eigenvalue weighted by molar-refractivity contribution is 0.0154. The molecule has 1 heterocycles. The summed E-state index contributed by atoms with van der Waals surface area (Å²) < 4.78 is 1.62. The number of benzene rings is 1. The van der Waals surface area contributed by atoms with Crippen molar-refractivity contribution in [3.05, 3.63) is 36.7 Å². The first-order chi connectivity index (χ1) is 11.3. The number of aromatic nitrogens is 3. The minimum absolute atomic E-state index is 0.129. The number of urea groups is 1. The van der Waals surface area contributed by atoms with Crippen molar-refractivity contribution in [2.45, 2.75) is 33.8 Å².